The quantitative estimate of drug-likeness (QED) is 0.718. The molecule has 1 aromatic carbocycles. The molecule has 0 spiro atoms. The number of carbonyl (C=O) groups excluding carboxylic acids is 1. The molecule has 0 bridgehead atoms. The monoisotopic (exact) mass is 277 g/mol. The van der Waals surface area contributed by atoms with Crippen LogP contribution in [0.15, 0.2) is 18.2 Å². The van der Waals surface area contributed by atoms with Gasteiger partial charge < -0.3 is 21.5 Å². The summed E-state index contributed by atoms with van der Waals surface area (Å²) in [5, 5.41) is 3.41. The van der Waals surface area contributed by atoms with E-state index in [1.165, 1.54) is 0 Å². The van der Waals surface area contributed by atoms with Crippen molar-refractivity contribution in [1.82, 2.24) is 0 Å². The maximum Gasteiger partial charge on any atom is 0.250 e. The van der Waals surface area contributed by atoms with Gasteiger partial charge in [-0.25, -0.2) is 0 Å². The molecule has 0 saturated heterocycles. The van der Waals surface area contributed by atoms with E-state index in [4.69, 9.17) is 16.2 Å². The number of amides is 1. The van der Waals surface area contributed by atoms with E-state index in [1.54, 1.807) is 12.1 Å². The van der Waals surface area contributed by atoms with Gasteiger partial charge in [0, 0.05) is 18.1 Å². The van der Waals surface area contributed by atoms with Crippen molar-refractivity contribution in [2.75, 3.05) is 17.7 Å². The van der Waals surface area contributed by atoms with E-state index in [9.17, 15) is 4.79 Å². The summed E-state index contributed by atoms with van der Waals surface area (Å²) < 4.78 is 5.71. The minimum Gasteiger partial charge on any atom is -0.396 e. The Morgan fingerprint density at radius 2 is 2.20 bits per heavy atom. The van der Waals surface area contributed by atoms with Crippen LogP contribution in [0, 0.1) is 5.41 Å². The fourth-order valence-electron chi connectivity index (χ4n) is 2.71. The van der Waals surface area contributed by atoms with Crippen LogP contribution in [0.4, 0.5) is 11.4 Å². The van der Waals surface area contributed by atoms with Crippen LogP contribution in [0.2, 0.25) is 0 Å². The molecule has 1 saturated carbocycles. The predicted octanol–water partition coefficient (Wildman–Crippen LogP) is 1.98. The summed E-state index contributed by atoms with van der Waals surface area (Å²) in [6.07, 6.45) is 1.19. The molecule has 1 fully saturated rings. The van der Waals surface area contributed by atoms with Gasteiger partial charge in [0.05, 0.1) is 23.0 Å². The predicted molar refractivity (Wildman–Crippen MR) is 80.6 cm³/mol. The Hall–Kier alpha value is -1.75. The molecule has 2 atom stereocenters. The molecule has 20 heavy (non-hydrogen) atoms. The number of para-hydroxylation sites is 1. The Balaban J connectivity index is 2.13. The Labute approximate surface area is 119 Å². The van der Waals surface area contributed by atoms with Gasteiger partial charge in [0.25, 0.3) is 5.91 Å². The van der Waals surface area contributed by atoms with Crippen LogP contribution in [-0.2, 0) is 4.74 Å². The molecule has 5 N–H and O–H groups in total. The van der Waals surface area contributed by atoms with Crippen molar-refractivity contribution in [2.45, 2.75) is 39.3 Å². The van der Waals surface area contributed by atoms with Crippen molar-refractivity contribution in [3.8, 4) is 0 Å². The molecule has 2 rings (SSSR count). The maximum atomic E-state index is 11.3. The zero-order valence-corrected chi connectivity index (χ0v) is 12.3. The number of hydrogen-bond donors (Lipinski definition) is 3. The molecule has 5 nitrogen and oxygen atoms in total. The number of benzene rings is 1. The Morgan fingerprint density at radius 1 is 1.50 bits per heavy atom. The molecular formula is C15H23N3O2. The van der Waals surface area contributed by atoms with Gasteiger partial charge in [-0.3, -0.25) is 4.79 Å². The summed E-state index contributed by atoms with van der Waals surface area (Å²) in [5.41, 5.74) is 12.9. The van der Waals surface area contributed by atoms with E-state index >= 15 is 0 Å². The van der Waals surface area contributed by atoms with E-state index in [0.29, 0.717) is 11.3 Å². The van der Waals surface area contributed by atoms with Gasteiger partial charge in [-0.05, 0) is 25.5 Å². The fourth-order valence-corrected chi connectivity index (χ4v) is 2.71. The lowest BCUT2D eigenvalue weighted by Gasteiger charge is -2.52. The number of primary amides is 1. The minimum atomic E-state index is -0.508. The number of hydrogen-bond acceptors (Lipinski definition) is 4. The Kier molecular flexibility index (Phi) is 3.90. The van der Waals surface area contributed by atoms with Crippen molar-refractivity contribution < 1.29 is 9.53 Å². The highest BCUT2D eigenvalue weighted by molar-refractivity contribution is 6.00. The number of nitrogen functional groups attached to an aromatic ring is 1. The summed E-state index contributed by atoms with van der Waals surface area (Å²) in [7, 11) is 0. The zero-order chi connectivity index (χ0) is 14.9. The number of rotatable bonds is 5. The van der Waals surface area contributed by atoms with E-state index in [-0.39, 0.29) is 17.6 Å². The van der Waals surface area contributed by atoms with Crippen molar-refractivity contribution in [2.24, 2.45) is 11.1 Å². The second-order valence-electron chi connectivity index (χ2n) is 5.83. The third-order valence-electron chi connectivity index (χ3n) is 4.25. The van der Waals surface area contributed by atoms with Crippen LogP contribution in [0.3, 0.4) is 0 Å². The highest BCUT2D eigenvalue weighted by Crippen LogP contribution is 2.45. The largest absolute Gasteiger partial charge is 0.396 e. The molecule has 0 radical (unpaired) electrons. The van der Waals surface area contributed by atoms with E-state index in [2.05, 4.69) is 19.2 Å². The maximum absolute atomic E-state index is 11.3. The molecular weight excluding hydrogens is 254 g/mol. The second kappa shape index (κ2) is 5.32. The standard InChI is InChI=1S/C15H23N3O2/c1-4-20-12-8-11(15(12,2)3)18-10-7-5-6-9(13(10)16)14(17)19/h5-7,11-12,18H,4,8,16H2,1-3H3,(H2,17,19). The Morgan fingerprint density at radius 3 is 2.75 bits per heavy atom. The molecule has 0 aromatic heterocycles. The van der Waals surface area contributed by atoms with Crippen LogP contribution < -0.4 is 16.8 Å². The lowest BCUT2D eigenvalue weighted by atomic mass is 9.64. The number of ether oxygens (including phenoxy) is 1. The van der Waals surface area contributed by atoms with E-state index in [1.807, 2.05) is 13.0 Å². The number of carbonyl (C=O) groups is 1. The van der Waals surface area contributed by atoms with Gasteiger partial charge in [-0.2, -0.15) is 0 Å². The van der Waals surface area contributed by atoms with Gasteiger partial charge in [-0.1, -0.05) is 19.9 Å². The van der Waals surface area contributed by atoms with Crippen molar-refractivity contribution in [3.05, 3.63) is 23.8 Å². The molecule has 1 aliphatic carbocycles. The highest BCUT2D eigenvalue weighted by Gasteiger charge is 2.49. The van der Waals surface area contributed by atoms with Crippen molar-refractivity contribution in [1.29, 1.82) is 0 Å². The SMILES string of the molecule is CCOC1CC(Nc2cccc(C(N)=O)c2N)C1(C)C. The topological polar surface area (TPSA) is 90.4 Å². The van der Waals surface area contributed by atoms with Crippen molar-refractivity contribution in [3.63, 3.8) is 0 Å². The average molecular weight is 277 g/mol. The zero-order valence-electron chi connectivity index (χ0n) is 12.3. The fraction of sp³-hybridized carbons (Fsp3) is 0.533. The average Bonchev–Trinajstić information content (AvgIpc) is 2.39. The highest BCUT2D eigenvalue weighted by atomic mass is 16.5. The summed E-state index contributed by atoms with van der Waals surface area (Å²) in [5.74, 6) is -0.508. The Bertz CT molecular complexity index is 514. The van der Waals surface area contributed by atoms with Crippen LogP contribution >= 0.6 is 0 Å². The normalized spacial score (nSPS) is 23.9. The summed E-state index contributed by atoms with van der Waals surface area (Å²) in [4.78, 5) is 11.3. The first-order valence-corrected chi connectivity index (χ1v) is 6.94. The number of anilines is 2. The van der Waals surface area contributed by atoms with Crippen LogP contribution in [0.5, 0.6) is 0 Å². The molecule has 2 unspecified atom stereocenters. The van der Waals surface area contributed by atoms with Crippen LogP contribution in [0.1, 0.15) is 37.6 Å². The molecule has 1 amide bonds. The first kappa shape index (κ1) is 14.7. The summed E-state index contributed by atoms with van der Waals surface area (Å²) >= 11 is 0. The first-order chi connectivity index (χ1) is 9.37. The molecule has 1 aliphatic rings. The molecule has 0 aliphatic heterocycles. The molecule has 1 aromatic rings. The lowest BCUT2D eigenvalue weighted by molar-refractivity contribution is -0.0975. The smallest absolute Gasteiger partial charge is 0.250 e. The second-order valence-corrected chi connectivity index (χ2v) is 5.83. The molecule has 110 valence electrons. The number of nitrogens with one attached hydrogen (secondary N) is 1. The summed E-state index contributed by atoms with van der Waals surface area (Å²) in [6.45, 7) is 7.07. The van der Waals surface area contributed by atoms with Gasteiger partial charge in [-0.15, -0.1) is 0 Å². The first-order valence-electron chi connectivity index (χ1n) is 6.94. The molecule has 0 heterocycles. The minimum absolute atomic E-state index is 0.0329. The lowest BCUT2D eigenvalue weighted by Crippen LogP contribution is -2.58. The van der Waals surface area contributed by atoms with Crippen molar-refractivity contribution >= 4 is 17.3 Å². The van der Waals surface area contributed by atoms with Gasteiger partial charge in [0.1, 0.15) is 0 Å². The third kappa shape index (κ3) is 2.45. The number of nitrogens with two attached hydrogens (primary N) is 2. The van der Waals surface area contributed by atoms with Gasteiger partial charge in [0.2, 0.25) is 0 Å². The van der Waals surface area contributed by atoms with Crippen LogP contribution in [0.25, 0.3) is 0 Å². The van der Waals surface area contributed by atoms with Gasteiger partial charge in [0.15, 0.2) is 0 Å². The third-order valence-corrected chi connectivity index (χ3v) is 4.25. The molecule has 5 heteroatoms. The summed E-state index contributed by atoms with van der Waals surface area (Å²) in [6, 6.07) is 5.55. The van der Waals surface area contributed by atoms with Crippen LogP contribution in [-0.4, -0.2) is 24.7 Å². The van der Waals surface area contributed by atoms with Gasteiger partial charge >= 0.3 is 0 Å². The van der Waals surface area contributed by atoms with E-state index < -0.39 is 5.91 Å². The van der Waals surface area contributed by atoms with E-state index in [0.717, 1.165) is 18.7 Å².